The van der Waals surface area contributed by atoms with Crippen LogP contribution in [0.4, 0.5) is 0 Å². The van der Waals surface area contributed by atoms with Crippen LogP contribution >= 0.6 is 0 Å². The number of hydrogen-bond acceptors (Lipinski definition) is 2. The first-order valence-corrected chi connectivity index (χ1v) is 5.60. The molecule has 0 aromatic carbocycles. The molecule has 0 saturated heterocycles. The number of fused-ring (bicyclic) bond motifs is 2. The van der Waals surface area contributed by atoms with Crippen LogP contribution in [0.5, 0.6) is 0 Å². The highest BCUT2D eigenvalue weighted by Crippen LogP contribution is 2.50. The van der Waals surface area contributed by atoms with Crippen molar-refractivity contribution in [2.24, 2.45) is 17.8 Å². The summed E-state index contributed by atoms with van der Waals surface area (Å²) in [5, 5.41) is 19.3. The molecule has 2 nitrogen and oxygen atoms in total. The molecule has 0 aliphatic heterocycles. The fraction of sp³-hybridized carbons (Fsp3) is 1.00. The molecule has 5 unspecified atom stereocenters. The normalized spacial score (nSPS) is 48.7. The molecule has 2 aliphatic rings. The Labute approximate surface area is 80.0 Å². The van der Waals surface area contributed by atoms with E-state index in [4.69, 9.17) is 0 Å². The molecule has 2 N–H and O–H groups in total. The van der Waals surface area contributed by atoms with E-state index in [1.807, 2.05) is 0 Å². The fourth-order valence-corrected chi connectivity index (χ4v) is 3.23. The van der Waals surface area contributed by atoms with Crippen molar-refractivity contribution in [3.63, 3.8) is 0 Å². The van der Waals surface area contributed by atoms with Gasteiger partial charge in [-0.2, -0.15) is 0 Å². The molecule has 0 aromatic rings. The van der Waals surface area contributed by atoms with E-state index in [9.17, 15) is 10.2 Å². The second kappa shape index (κ2) is 3.58. The van der Waals surface area contributed by atoms with Gasteiger partial charge < -0.3 is 10.2 Å². The van der Waals surface area contributed by atoms with E-state index in [1.54, 1.807) is 0 Å². The van der Waals surface area contributed by atoms with E-state index >= 15 is 0 Å². The monoisotopic (exact) mass is 184 g/mol. The van der Waals surface area contributed by atoms with Crippen molar-refractivity contribution in [2.45, 2.75) is 51.2 Å². The van der Waals surface area contributed by atoms with Gasteiger partial charge in [0.1, 0.15) is 0 Å². The lowest BCUT2D eigenvalue weighted by atomic mass is 9.82. The summed E-state index contributed by atoms with van der Waals surface area (Å²) in [4.78, 5) is 0. The minimum atomic E-state index is -0.416. The van der Waals surface area contributed by atoms with Crippen LogP contribution in [0.15, 0.2) is 0 Å². The number of aliphatic hydroxyl groups excluding tert-OH is 2. The van der Waals surface area contributed by atoms with Crippen LogP contribution < -0.4 is 0 Å². The maximum absolute atomic E-state index is 9.71. The molecule has 0 spiro atoms. The van der Waals surface area contributed by atoms with Crippen LogP contribution in [-0.2, 0) is 0 Å². The first-order chi connectivity index (χ1) is 6.24. The summed E-state index contributed by atoms with van der Waals surface area (Å²) in [5.41, 5.74) is 0. The van der Waals surface area contributed by atoms with Gasteiger partial charge in [0, 0.05) is 0 Å². The van der Waals surface area contributed by atoms with Crippen molar-refractivity contribution in [1.29, 1.82) is 0 Å². The van der Waals surface area contributed by atoms with Crippen molar-refractivity contribution in [3.8, 4) is 0 Å². The Morgan fingerprint density at radius 2 is 1.92 bits per heavy atom. The van der Waals surface area contributed by atoms with E-state index in [0.29, 0.717) is 17.8 Å². The SMILES string of the molecule is CCCCC1CC2CC1C(O)C2O. The Balaban J connectivity index is 1.90. The summed E-state index contributed by atoms with van der Waals surface area (Å²) >= 11 is 0. The molecule has 2 heteroatoms. The number of aliphatic hydroxyl groups is 2. The van der Waals surface area contributed by atoms with Gasteiger partial charge in [-0.1, -0.05) is 26.2 Å². The predicted molar refractivity (Wildman–Crippen MR) is 51.2 cm³/mol. The Kier molecular flexibility index (Phi) is 2.61. The summed E-state index contributed by atoms with van der Waals surface area (Å²) in [6.07, 6.45) is 5.16. The zero-order valence-corrected chi connectivity index (χ0v) is 8.32. The first-order valence-electron chi connectivity index (χ1n) is 5.60. The molecule has 2 rings (SSSR count). The van der Waals surface area contributed by atoms with Crippen LogP contribution in [0, 0.1) is 17.8 Å². The van der Waals surface area contributed by atoms with E-state index < -0.39 is 12.2 Å². The van der Waals surface area contributed by atoms with Crippen LogP contribution in [0.3, 0.4) is 0 Å². The predicted octanol–water partition coefficient (Wildman–Crippen LogP) is 1.55. The first kappa shape index (κ1) is 9.47. The highest BCUT2D eigenvalue weighted by Gasteiger charge is 2.50. The second-order valence-electron chi connectivity index (χ2n) is 4.78. The zero-order chi connectivity index (χ0) is 9.42. The van der Waals surface area contributed by atoms with Crippen LogP contribution in [0.25, 0.3) is 0 Å². The standard InChI is InChI=1S/C11H20O2/c1-2-3-4-7-5-8-6-9(7)11(13)10(8)12/h7-13H,2-6H2,1H3. The van der Waals surface area contributed by atoms with Gasteiger partial charge in [0.2, 0.25) is 0 Å². The Morgan fingerprint density at radius 3 is 2.46 bits per heavy atom. The largest absolute Gasteiger partial charge is 0.390 e. The fourth-order valence-electron chi connectivity index (χ4n) is 3.23. The van der Waals surface area contributed by atoms with Gasteiger partial charge in [-0.3, -0.25) is 0 Å². The minimum Gasteiger partial charge on any atom is -0.390 e. The van der Waals surface area contributed by atoms with Gasteiger partial charge >= 0.3 is 0 Å². The van der Waals surface area contributed by atoms with Gasteiger partial charge in [-0.15, -0.1) is 0 Å². The van der Waals surface area contributed by atoms with Crippen LogP contribution in [-0.4, -0.2) is 22.4 Å². The molecule has 0 radical (unpaired) electrons. The van der Waals surface area contributed by atoms with Gasteiger partial charge in [0.05, 0.1) is 12.2 Å². The molecule has 5 atom stereocenters. The summed E-state index contributed by atoms with van der Waals surface area (Å²) < 4.78 is 0. The zero-order valence-electron chi connectivity index (χ0n) is 8.32. The lowest BCUT2D eigenvalue weighted by Crippen LogP contribution is -2.36. The summed E-state index contributed by atoms with van der Waals surface area (Å²) in [6, 6.07) is 0. The third-order valence-corrected chi connectivity index (χ3v) is 3.99. The van der Waals surface area contributed by atoms with Crippen molar-refractivity contribution >= 4 is 0 Å². The van der Waals surface area contributed by atoms with Crippen molar-refractivity contribution in [2.75, 3.05) is 0 Å². The number of unbranched alkanes of at least 4 members (excludes halogenated alkanes) is 1. The highest BCUT2D eigenvalue weighted by atomic mass is 16.3. The second-order valence-corrected chi connectivity index (χ2v) is 4.78. The van der Waals surface area contributed by atoms with E-state index in [1.165, 1.54) is 19.3 Å². The van der Waals surface area contributed by atoms with E-state index in [-0.39, 0.29) is 0 Å². The molecule has 13 heavy (non-hydrogen) atoms. The summed E-state index contributed by atoms with van der Waals surface area (Å²) in [7, 11) is 0. The third-order valence-electron chi connectivity index (χ3n) is 3.99. The van der Waals surface area contributed by atoms with Crippen LogP contribution in [0.1, 0.15) is 39.0 Å². The smallest absolute Gasteiger partial charge is 0.0832 e. The summed E-state index contributed by atoms with van der Waals surface area (Å²) in [5.74, 6) is 1.51. The maximum atomic E-state index is 9.71. The molecule has 2 fully saturated rings. The molecular formula is C11H20O2. The van der Waals surface area contributed by atoms with E-state index in [2.05, 4.69) is 6.92 Å². The quantitative estimate of drug-likeness (QED) is 0.698. The molecule has 0 aromatic heterocycles. The van der Waals surface area contributed by atoms with Crippen molar-refractivity contribution < 1.29 is 10.2 Å². The molecule has 76 valence electrons. The maximum Gasteiger partial charge on any atom is 0.0832 e. The molecule has 2 aliphatic carbocycles. The van der Waals surface area contributed by atoms with E-state index in [0.717, 1.165) is 12.8 Å². The van der Waals surface area contributed by atoms with Crippen molar-refractivity contribution in [1.82, 2.24) is 0 Å². The average molecular weight is 184 g/mol. The molecule has 0 amide bonds. The Morgan fingerprint density at radius 1 is 1.15 bits per heavy atom. The average Bonchev–Trinajstić information content (AvgIpc) is 2.64. The summed E-state index contributed by atoms with van der Waals surface area (Å²) in [6.45, 7) is 2.21. The Hall–Kier alpha value is -0.0800. The third kappa shape index (κ3) is 1.50. The lowest BCUT2D eigenvalue weighted by Gasteiger charge is -2.29. The minimum absolute atomic E-state index is 0.404. The Bertz CT molecular complexity index is 179. The number of hydrogen-bond donors (Lipinski definition) is 2. The highest BCUT2D eigenvalue weighted by molar-refractivity contribution is 5.00. The van der Waals surface area contributed by atoms with Crippen molar-refractivity contribution in [3.05, 3.63) is 0 Å². The molecule has 2 saturated carbocycles. The van der Waals surface area contributed by atoms with Crippen LogP contribution in [0.2, 0.25) is 0 Å². The number of rotatable bonds is 3. The molecule has 0 heterocycles. The lowest BCUT2D eigenvalue weighted by molar-refractivity contribution is -0.0351. The topological polar surface area (TPSA) is 40.5 Å². The van der Waals surface area contributed by atoms with Gasteiger partial charge in [-0.25, -0.2) is 0 Å². The van der Waals surface area contributed by atoms with Gasteiger partial charge in [0.15, 0.2) is 0 Å². The molecule has 2 bridgehead atoms. The van der Waals surface area contributed by atoms with Gasteiger partial charge in [-0.05, 0) is 30.6 Å². The molecular weight excluding hydrogens is 164 g/mol. The van der Waals surface area contributed by atoms with Gasteiger partial charge in [0.25, 0.3) is 0 Å².